The van der Waals surface area contributed by atoms with Crippen LogP contribution in [0.1, 0.15) is 5.56 Å². The van der Waals surface area contributed by atoms with Gasteiger partial charge in [-0.1, -0.05) is 141 Å². The van der Waals surface area contributed by atoms with Crippen LogP contribution in [0, 0.1) is 0 Å². The summed E-state index contributed by atoms with van der Waals surface area (Å²) in [5, 5.41) is 2.43. The highest BCUT2D eigenvalue weighted by Gasteiger charge is 2.14. The standard InChI is InChI=1S/C47H38N2/c1-4-12-35(5-2)38-21-28-44(29-22-38)49(47-32-25-37-15-9-10-16-41(37)34-47)45-30-23-40(24-31-45)39-19-26-43(27-20-39)48(3)46-18-11-17-42(33-46)36-13-7-6-8-14-36/h4-34H,1-2H2,3H3/b35-12+. The molecule has 2 heteroatoms. The van der Waals surface area contributed by atoms with E-state index >= 15 is 0 Å². The molecule has 0 aliphatic rings. The van der Waals surface area contributed by atoms with Gasteiger partial charge in [0.1, 0.15) is 0 Å². The van der Waals surface area contributed by atoms with Crippen LogP contribution >= 0.6 is 0 Å². The minimum atomic E-state index is 1.04. The van der Waals surface area contributed by atoms with Crippen LogP contribution in [0.5, 0.6) is 0 Å². The Kier molecular flexibility index (Phi) is 9.03. The zero-order valence-electron chi connectivity index (χ0n) is 27.7. The molecule has 236 valence electrons. The molecule has 0 spiro atoms. The van der Waals surface area contributed by atoms with Crippen molar-refractivity contribution in [1.82, 2.24) is 0 Å². The van der Waals surface area contributed by atoms with E-state index in [1.165, 1.54) is 33.0 Å². The van der Waals surface area contributed by atoms with Crippen molar-refractivity contribution < 1.29 is 0 Å². The second kappa shape index (κ2) is 14.2. The first-order chi connectivity index (χ1) is 24.1. The number of hydrogen-bond donors (Lipinski definition) is 0. The van der Waals surface area contributed by atoms with Crippen LogP contribution in [-0.4, -0.2) is 7.05 Å². The van der Waals surface area contributed by atoms with E-state index in [-0.39, 0.29) is 0 Å². The predicted molar refractivity (Wildman–Crippen MR) is 212 cm³/mol. The summed E-state index contributed by atoms with van der Waals surface area (Å²) in [7, 11) is 2.12. The van der Waals surface area contributed by atoms with Gasteiger partial charge in [-0.2, -0.15) is 0 Å². The second-order valence-corrected chi connectivity index (χ2v) is 12.0. The molecule has 0 heterocycles. The molecule has 0 bridgehead atoms. The Balaban J connectivity index is 1.17. The first-order valence-electron chi connectivity index (χ1n) is 16.6. The van der Waals surface area contributed by atoms with Gasteiger partial charge in [0.05, 0.1) is 0 Å². The molecule has 7 aromatic carbocycles. The molecule has 0 fully saturated rings. The molecule has 0 aromatic heterocycles. The van der Waals surface area contributed by atoms with Crippen LogP contribution in [0.3, 0.4) is 0 Å². The molecule has 0 saturated heterocycles. The lowest BCUT2D eigenvalue weighted by atomic mass is 10.0. The van der Waals surface area contributed by atoms with Crippen LogP contribution in [0.15, 0.2) is 201 Å². The molecule has 0 N–H and O–H groups in total. The van der Waals surface area contributed by atoms with Crippen molar-refractivity contribution in [2.75, 3.05) is 16.8 Å². The van der Waals surface area contributed by atoms with Gasteiger partial charge in [0.25, 0.3) is 0 Å². The Bertz CT molecular complexity index is 2240. The van der Waals surface area contributed by atoms with Gasteiger partial charge < -0.3 is 9.80 Å². The zero-order chi connectivity index (χ0) is 33.6. The van der Waals surface area contributed by atoms with Gasteiger partial charge in [0.15, 0.2) is 0 Å². The van der Waals surface area contributed by atoms with Crippen LogP contribution in [0.4, 0.5) is 28.4 Å². The number of rotatable bonds is 10. The molecule has 0 aliphatic carbocycles. The first-order valence-corrected chi connectivity index (χ1v) is 16.6. The number of nitrogens with zero attached hydrogens (tertiary/aromatic N) is 2. The highest BCUT2D eigenvalue weighted by atomic mass is 15.1. The molecule has 0 amide bonds. The highest BCUT2D eigenvalue weighted by Crippen LogP contribution is 2.38. The minimum absolute atomic E-state index is 1.04. The van der Waals surface area contributed by atoms with Crippen molar-refractivity contribution in [2.45, 2.75) is 0 Å². The van der Waals surface area contributed by atoms with Crippen LogP contribution in [0.2, 0.25) is 0 Å². The van der Waals surface area contributed by atoms with Crippen molar-refractivity contribution in [2.24, 2.45) is 0 Å². The largest absolute Gasteiger partial charge is 0.345 e. The van der Waals surface area contributed by atoms with Crippen LogP contribution in [0.25, 0.3) is 38.6 Å². The van der Waals surface area contributed by atoms with Gasteiger partial charge in [-0.3, -0.25) is 0 Å². The van der Waals surface area contributed by atoms with Gasteiger partial charge in [-0.05, 0) is 105 Å². The third-order valence-electron chi connectivity index (χ3n) is 9.02. The highest BCUT2D eigenvalue weighted by molar-refractivity contribution is 5.90. The molecule has 0 aliphatic heterocycles. The summed E-state index contributed by atoms with van der Waals surface area (Å²) >= 11 is 0. The second-order valence-electron chi connectivity index (χ2n) is 12.0. The van der Waals surface area contributed by atoms with E-state index < -0.39 is 0 Å². The molecule has 49 heavy (non-hydrogen) atoms. The van der Waals surface area contributed by atoms with Gasteiger partial charge in [-0.25, -0.2) is 0 Å². The van der Waals surface area contributed by atoms with Crippen molar-refractivity contribution in [3.8, 4) is 22.3 Å². The van der Waals surface area contributed by atoms with E-state index in [1.807, 2.05) is 12.2 Å². The average Bonchev–Trinajstić information content (AvgIpc) is 3.18. The van der Waals surface area contributed by atoms with E-state index in [4.69, 9.17) is 0 Å². The Morgan fingerprint density at radius 3 is 1.65 bits per heavy atom. The SMILES string of the molecule is C=C/C=C(\C=C)c1ccc(N(c2ccc(-c3ccc(N(C)c4cccc(-c5ccccc5)c4)cc3)cc2)c2ccc3ccccc3c2)cc1. The van der Waals surface area contributed by atoms with Crippen molar-refractivity contribution >= 4 is 44.8 Å². The molecule has 7 aromatic rings. The molecular weight excluding hydrogens is 593 g/mol. The van der Waals surface area contributed by atoms with Crippen molar-refractivity contribution in [1.29, 1.82) is 0 Å². The maximum absolute atomic E-state index is 3.98. The fourth-order valence-corrected chi connectivity index (χ4v) is 6.33. The lowest BCUT2D eigenvalue weighted by Crippen LogP contribution is -2.10. The predicted octanol–water partition coefficient (Wildman–Crippen LogP) is 13.2. The number of allylic oxidation sites excluding steroid dienone is 4. The van der Waals surface area contributed by atoms with Gasteiger partial charge in [0.2, 0.25) is 0 Å². The van der Waals surface area contributed by atoms with E-state index in [1.54, 1.807) is 6.08 Å². The summed E-state index contributed by atoms with van der Waals surface area (Å²) in [6, 6.07) is 60.6. The normalized spacial score (nSPS) is 11.2. The lowest BCUT2D eigenvalue weighted by molar-refractivity contribution is 1.21. The number of fused-ring (bicyclic) bond motifs is 1. The molecule has 2 nitrogen and oxygen atoms in total. The summed E-state index contributed by atoms with van der Waals surface area (Å²) in [6.07, 6.45) is 5.64. The summed E-state index contributed by atoms with van der Waals surface area (Å²) in [5.74, 6) is 0. The smallest absolute Gasteiger partial charge is 0.0468 e. The number of hydrogen-bond acceptors (Lipinski definition) is 2. The molecule has 0 radical (unpaired) electrons. The number of anilines is 5. The topological polar surface area (TPSA) is 6.48 Å². The monoisotopic (exact) mass is 630 g/mol. The van der Waals surface area contributed by atoms with Crippen LogP contribution in [-0.2, 0) is 0 Å². The quantitative estimate of drug-likeness (QED) is 0.139. The average molecular weight is 631 g/mol. The fraction of sp³-hybridized carbons (Fsp3) is 0.0213. The summed E-state index contributed by atoms with van der Waals surface area (Å²) in [5.41, 5.74) is 12.5. The molecule has 0 saturated carbocycles. The van der Waals surface area contributed by atoms with Gasteiger partial charge in [-0.15, -0.1) is 0 Å². The van der Waals surface area contributed by atoms with Crippen molar-refractivity contribution in [3.63, 3.8) is 0 Å². The molecular formula is C47H38N2. The van der Waals surface area contributed by atoms with E-state index in [0.29, 0.717) is 0 Å². The maximum Gasteiger partial charge on any atom is 0.0468 e. The minimum Gasteiger partial charge on any atom is -0.345 e. The maximum atomic E-state index is 3.98. The summed E-state index contributed by atoms with van der Waals surface area (Å²) in [4.78, 5) is 4.55. The number of benzene rings is 7. The molecule has 7 rings (SSSR count). The van der Waals surface area contributed by atoms with E-state index in [0.717, 1.165) is 39.6 Å². The third-order valence-corrected chi connectivity index (χ3v) is 9.02. The fourth-order valence-electron chi connectivity index (χ4n) is 6.33. The Morgan fingerprint density at radius 2 is 1.00 bits per heavy atom. The van der Waals surface area contributed by atoms with E-state index in [2.05, 4.69) is 200 Å². The first kappa shape index (κ1) is 31.2. The van der Waals surface area contributed by atoms with Gasteiger partial charge >= 0.3 is 0 Å². The van der Waals surface area contributed by atoms with Crippen molar-refractivity contribution in [3.05, 3.63) is 207 Å². The molecule has 0 unspecified atom stereocenters. The summed E-state index contributed by atoms with van der Waals surface area (Å²) < 4.78 is 0. The van der Waals surface area contributed by atoms with Gasteiger partial charge in [0, 0.05) is 35.5 Å². The van der Waals surface area contributed by atoms with E-state index in [9.17, 15) is 0 Å². The Labute approximate surface area is 289 Å². The summed E-state index contributed by atoms with van der Waals surface area (Å²) in [6.45, 7) is 7.84. The zero-order valence-corrected chi connectivity index (χ0v) is 27.7. The van der Waals surface area contributed by atoms with Crippen LogP contribution < -0.4 is 9.80 Å². The Hall–Kier alpha value is -6.38. The lowest BCUT2D eigenvalue weighted by Gasteiger charge is -2.26. The molecule has 0 atom stereocenters. The third kappa shape index (κ3) is 6.72. The Morgan fingerprint density at radius 1 is 0.449 bits per heavy atom.